The molecule has 2 aliphatic rings. The van der Waals surface area contributed by atoms with Gasteiger partial charge in [0.25, 0.3) is 5.24 Å². The second-order valence-corrected chi connectivity index (χ2v) is 8.42. The molecule has 0 unspecified atom stereocenters. The number of carbonyl (C=O) groups excluding carboxylic acids is 3. The Morgan fingerprint density at radius 2 is 1.89 bits per heavy atom. The Morgan fingerprint density at radius 1 is 1.18 bits per heavy atom. The number of imide groups is 1. The van der Waals surface area contributed by atoms with Crippen molar-refractivity contribution in [1.82, 2.24) is 15.1 Å². The van der Waals surface area contributed by atoms with Gasteiger partial charge in [-0.25, -0.2) is 4.79 Å². The molecule has 2 N–H and O–H groups in total. The quantitative estimate of drug-likeness (QED) is 0.683. The molecule has 0 saturated carbocycles. The molecule has 3 rings (SSSR count). The van der Waals surface area contributed by atoms with Crippen LogP contribution in [-0.2, 0) is 11.3 Å². The van der Waals surface area contributed by atoms with Crippen LogP contribution in [0.25, 0.3) is 0 Å². The van der Waals surface area contributed by atoms with Crippen LogP contribution in [0.15, 0.2) is 24.3 Å². The Bertz CT molecular complexity index is 686. The van der Waals surface area contributed by atoms with Crippen LogP contribution in [0.2, 0.25) is 0 Å². The van der Waals surface area contributed by atoms with Gasteiger partial charge in [-0.05, 0) is 62.5 Å². The number of amides is 4. The fourth-order valence-electron chi connectivity index (χ4n) is 3.38. The fraction of sp³-hybridized carbons (Fsp3) is 0.550. The highest BCUT2D eigenvalue weighted by Gasteiger charge is 2.29. The van der Waals surface area contributed by atoms with Gasteiger partial charge in [0.15, 0.2) is 0 Å². The largest absolute Gasteiger partial charge is 0.338 e. The van der Waals surface area contributed by atoms with Gasteiger partial charge in [0, 0.05) is 12.2 Å². The molecule has 28 heavy (non-hydrogen) atoms. The number of hydrogen-bond donors (Lipinski definition) is 2. The summed E-state index contributed by atoms with van der Waals surface area (Å²) < 4.78 is 0. The van der Waals surface area contributed by atoms with Crippen molar-refractivity contribution < 1.29 is 14.4 Å². The monoisotopic (exact) mass is 404 g/mol. The molecule has 1 aromatic carbocycles. The maximum absolute atomic E-state index is 12.0. The summed E-state index contributed by atoms with van der Waals surface area (Å²) in [7, 11) is 0. The molecular weight excluding hydrogens is 376 g/mol. The number of carbonyl (C=O) groups is 3. The lowest BCUT2D eigenvalue weighted by atomic mass is 9.99. The van der Waals surface area contributed by atoms with E-state index in [0.717, 1.165) is 49.3 Å². The lowest BCUT2D eigenvalue weighted by molar-refractivity contribution is -0.125. The molecule has 4 amide bonds. The van der Waals surface area contributed by atoms with Crippen molar-refractivity contribution in [3.63, 3.8) is 0 Å². The van der Waals surface area contributed by atoms with Crippen LogP contribution in [0.5, 0.6) is 0 Å². The van der Waals surface area contributed by atoms with Crippen LogP contribution in [0, 0.1) is 5.92 Å². The minimum atomic E-state index is -0.221. The van der Waals surface area contributed by atoms with E-state index in [9.17, 15) is 14.4 Å². The van der Waals surface area contributed by atoms with Gasteiger partial charge in [-0.1, -0.05) is 30.8 Å². The first-order chi connectivity index (χ1) is 13.5. The Kier molecular flexibility index (Phi) is 7.33. The Labute approximate surface area is 170 Å². The third kappa shape index (κ3) is 5.97. The second kappa shape index (κ2) is 9.93. The third-order valence-electron chi connectivity index (χ3n) is 5.21. The summed E-state index contributed by atoms with van der Waals surface area (Å²) in [6.07, 6.45) is 3.47. The van der Waals surface area contributed by atoms with Crippen molar-refractivity contribution in [2.24, 2.45) is 5.92 Å². The van der Waals surface area contributed by atoms with Crippen molar-refractivity contribution in [2.45, 2.75) is 32.7 Å². The van der Waals surface area contributed by atoms with Crippen LogP contribution in [0.4, 0.5) is 15.3 Å². The number of hydrogen-bond acceptors (Lipinski definition) is 5. The zero-order valence-corrected chi connectivity index (χ0v) is 17.1. The number of benzene rings is 1. The molecule has 0 spiro atoms. The average molecular weight is 405 g/mol. The average Bonchev–Trinajstić information content (AvgIpc) is 3.00. The first-order valence-corrected chi connectivity index (χ1v) is 10.8. The van der Waals surface area contributed by atoms with E-state index < -0.39 is 0 Å². The predicted octanol–water partition coefficient (Wildman–Crippen LogP) is 3.13. The molecule has 2 aliphatic heterocycles. The number of nitrogens with zero attached hydrogens (tertiary/aromatic N) is 2. The molecule has 0 radical (unpaired) electrons. The van der Waals surface area contributed by atoms with E-state index in [2.05, 4.69) is 22.5 Å². The van der Waals surface area contributed by atoms with Crippen molar-refractivity contribution in [3.05, 3.63) is 29.8 Å². The van der Waals surface area contributed by atoms with E-state index in [1.165, 1.54) is 17.7 Å². The standard InChI is InChI=1S/C20H28N4O3S/c1-15-7-11-23(12-8-15)10-2-9-21-19(26)22-17-5-3-16(4-6-17)13-24-18(25)14-28-20(24)27/h3-6,15H,2,7-14H2,1H3,(H2,21,22,26). The summed E-state index contributed by atoms with van der Waals surface area (Å²) in [5, 5.41) is 5.49. The van der Waals surface area contributed by atoms with Crippen LogP contribution < -0.4 is 10.6 Å². The molecule has 2 saturated heterocycles. The third-order valence-corrected chi connectivity index (χ3v) is 6.06. The van der Waals surface area contributed by atoms with Gasteiger partial charge in [0.1, 0.15) is 0 Å². The lowest BCUT2D eigenvalue weighted by Crippen LogP contribution is -2.36. The zero-order chi connectivity index (χ0) is 19.9. The van der Waals surface area contributed by atoms with Gasteiger partial charge in [-0.2, -0.15) is 0 Å². The molecule has 2 heterocycles. The molecule has 0 aliphatic carbocycles. The molecular formula is C20H28N4O3S. The highest BCUT2D eigenvalue weighted by Crippen LogP contribution is 2.22. The number of thioether (sulfide) groups is 1. The van der Waals surface area contributed by atoms with Gasteiger partial charge < -0.3 is 15.5 Å². The van der Waals surface area contributed by atoms with Crippen molar-refractivity contribution in [2.75, 3.05) is 37.2 Å². The SMILES string of the molecule is CC1CCN(CCCNC(=O)Nc2ccc(CN3C(=O)CSC3=O)cc2)CC1. The van der Waals surface area contributed by atoms with E-state index in [-0.39, 0.29) is 29.5 Å². The number of anilines is 1. The highest BCUT2D eigenvalue weighted by atomic mass is 32.2. The first kappa shape index (κ1) is 20.7. The number of nitrogens with one attached hydrogen (secondary N) is 2. The maximum Gasteiger partial charge on any atom is 0.319 e. The van der Waals surface area contributed by atoms with Crippen LogP contribution in [0.3, 0.4) is 0 Å². The van der Waals surface area contributed by atoms with Gasteiger partial charge in [0.05, 0.1) is 12.3 Å². The summed E-state index contributed by atoms with van der Waals surface area (Å²) in [5.74, 6) is 0.896. The van der Waals surface area contributed by atoms with Crippen LogP contribution >= 0.6 is 11.8 Å². The molecule has 0 atom stereocenters. The van der Waals surface area contributed by atoms with E-state index >= 15 is 0 Å². The Hall–Kier alpha value is -2.06. The normalized spacial score (nSPS) is 18.5. The zero-order valence-electron chi connectivity index (χ0n) is 16.3. The second-order valence-electron chi connectivity index (χ2n) is 7.49. The summed E-state index contributed by atoms with van der Waals surface area (Å²) in [4.78, 5) is 39.0. The predicted molar refractivity (Wildman–Crippen MR) is 111 cm³/mol. The molecule has 2 fully saturated rings. The van der Waals surface area contributed by atoms with Crippen molar-refractivity contribution in [1.29, 1.82) is 0 Å². The van der Waals surface area contributed by atoms with E-state index in [4.69, 9.17) is 0 Å². The number of likely N-dealkylation sites (tertiary alicyclic amines) is 1. The first-order valence-electron chi connectivity index (χ1n) is 9.84. The summed E-state index contributed by atoms with van der Waals surface area (Å²) in [6.45, 7) is 6.56. The van der Waals surface area contributed by atoms with Crippen molar-refractivity contribution in [3.8, 4) is 0 Å². The molecule has 1 aromatic rings. The topological polar surface area (TPSA) is 81.8 Å². The Balaban J connectivity index is 1.35. The van der Waals surface area contributed by atoms with Crippen molar-refractivity contribution >= 4 is 34.6 Å². The fourth-order valence-corrected chi connectivity index (χ4v) is 4.10. The molecule has 0 aromatic heterocycles. The number of rotatable bonds is 7. The van der Waals surface area contributed by atoms with E-state index in [1.807, 2.05) is 12.1 Å². The smallest absolute Gasteiger partial charge is 0.319 e. The minimum absolute atomic E-state index is 0.157. The molecule has 152 valence electrons. The summed E-state index contributed by atoms with van der Waals surface area (Å²) >= 11 is 1.03. The summed E-state index contributed by atoms with van der Waals surface area (Å²) in [5.41, 5.74) is 1.53. The van der Waals surface area contributed by atoms with Gasteiger partial charge in [-0.3, -0.25) is 14.5 Å². The number of piperidine rings is 1. The molecule has 0 bridgehead atoms. The van der Waals surface area contributed by atoms with Crippen LogP contribution in [0.1, 0.15) is 31.7 Å². The lowest BCUT2D eigenvalue weighted by Gasteiger charge is -2.30. The maximum atomic E-state index is 12.0. The Morgan fingerprint density at radius 3 is 2.54 bits per heavy atom. The van der Waals surface area contributed by atoms with Crippen LogP contribution in [-0.4, -0.2) is 58.9 Å². The molecule has 7 nitrogen and oxygen atoms in total. The van der Waals surface area contributed by atoms with Gasteiger partial charge in [0.2, 0.25) is 5.91 Å². The van der Waals surface area contributed by atoms with E-state index in [0.29, 0.717) is 12.2 Å². The summed E-state index contributed by atoms with van der Waals surface area (Å²) in [6, 6.07) is 6.97. The highest BCUT2D eigenvalue weighted by molar-refractivity contribution is 8.14. The van der Waals surface area contributed by atoms with Gasteiger partial charge in [-0.15, -0.1) is 0 Å². The molecule has 8 heteroatoms. The van der Waals surface area contributed by atoms with Gasteiger partial charge >= 0.3 is 6.03 Å². The van der Waals surface area contributed by atoms with E-state index in [1.54, 1.807) is 12.1 Å². The number of urea groups is 1. The minimum Gasteiger partial charge on any atom is -0.338 e.